The summed E-state index contributed by atoms with van der Waals surface area (Å²) < 4.78 is 5.07. The lowest BCUT2D eigenvalue weighted by atomic mass is 9.82. The second kappa shape index (κ2) is 8.30. The minimum absolute atomic E-state index is 0.0230. The summed E-state index contributed by atoms with van der Waals surface area (Å²) in [6.07, 6.45) is 0. The first-order valence-corrected chi connectivity index (χ1v) is 8.77. The standard InChI is InChI=1S/C24H22O2/c1-3-26-24(25)22-16-14-21(15-17-22)23(20-12-8-5-9-13-20)18(2)19-10-6-4-7-11-19/h4-17,23H,2-3H2,1H3. The number of rotatable bonds is 6. The lowest BCUT2D eigenvalue weighted by Gasteiger charge is -2.21. The van der Waals surface area contributed by atoms with Gasteiger partial charge in [-0.2, -0.15) is 0 Å². The summed E-state index contributed by atoms with van der Waals surface area (Å²) in [6.45, 7) is 6.55. The third kappa shape index (κ3) is 3.92. The van der Waals surface area contributed by atoms with Crippen molar-refractivity contribution in [3.63, 3.8) is 0 Å². The number of carbonyl (C=O) groups excluding carboxylic acids is 1. The Morgan fingerprint density at radius 1 is 0.808 bits per heavy atom. The molecule has 3 rings (SSSR count). The number of ether oxygens (including phenoxy) is 1. The molecule has 0 amide bonds. The van der Waals surface area contributed by atoms with Gasteiger partial charge in [0.05, 0.1) is 12.2 Å². The number of esters is 1. The Labute approximate surface area is 154 Å². The number of hydrogen-bond acceptors (Lipinski definition) is 2. The van der Waals surface area contributed by atoms with Gasteiger partial charge in [0.15, 0.2) is 0 Å². The lowest BCUT2D eigenvalue weighted by molar-refractivity contribution is 0.0526. The minimum atomic E-state index is -0.294. The fourth-order valence-corrected chi connectivity index (χ4v) is 3.09. The predicted octanol–water partition coefficient (Wildman–Crippen LogP) is 5.71. The molecule has 130 valence electrons. The van der Waals surface area contributed by atoms with Crippen molar-refractivity contribution in [3.05, 3.63) is 114 Å². The van der Waals surface area contributed by atoms with E-state index in [1.165, 1.54) is 5.56 Å². The number of hydrogen-bond donors (Lipinski definition) is 0. The summed E-state index contributed by atoms with van der Waals surface area (Å²) >= 11 is 0. The molecule has 3 aromatic carbocycles. The number of allylic oxidation sites excluding steroid dienone is 1. The van der Waals surface area contributed by atoms with E-state index in [0.717, 1.165) is 16.7 Å². The van der Waals surface area contributed by atoms with E-state index in [9.17, 15) is 4.79 Å². The monoisotopic (exact) mass is 342 g/mol. The van der Waals surface area contributed by atoms with Gasteiger partial charge in [-0.15, -0.1) is 0 Å². The Hall–Kier alpha value is -3.13. The van der Waals surface area contributed by atoms with Crippen LogP contribution in [-0.4, -0.2) is 12.6 Å². The highest BCUT2D eigenvalue weighted by Gasteiger charge is 2.19. The van der Waals surface area contributed by atoms with Crippen LogP contribution in [0.25, 0.3) is 5.57 Å². The largest absolute Gasteiger partial charge is 0.462 e. The van der Waals surface area contributed by atoms with Crippen LogP contribution in [0, 0.1) is 0 Å². The molecule has 1 atom stereocenters. The Kier molecular flexibility index (Phi) is 5.65. The molecule has 0 N–H and O–H groups in total. The van der Waals surface area contributed by atoms with Crippen LogP contribution in [0.4, 0.5) is 0 Å². The highest BCUT2D eigenvalue weighted by molar-refractivity contribution is 5.89. The molecule has 0 heterocycles. The normalized spacial score (nSPS) is 11.6. The molecule has 0 radical (unpaired) electrons. The van der Waals surface area contributed by atoms with E-state index >= 15 is 0 Å². The first-order chi connectivity index (χ1) is 12.7. The Bertz CT molecular complexity index is 865. The van der Waals surface area contributed by atoms with Gasteiger partial charge in [0.25, 0.3) is 0 Å². The van der Waals surface area contributed by atoms with Crippen LogP contribution in [0.15, 0.2) is 91.5 Å². The van der Waals surface area contributed by atoms with E-state index in [2.05, 4.69) is 30.8 Å². The third-order valence-electron chi connectivity index (χ3n) is 4.38. The molecule has 0 bridgehead atoms. The van der Waals surface area contributed by atoms with Crippen molar-refractivity contribution in [2.45, 2.75) is 12.8 Å². The number of carbonyl (C=O) groups is 1. The summed E-state index contributed by atoms with van der Waals surface area (Å²) in [5.41, 5.74) is 4.97. The first-order valence-electron chi connectivity index (χ1n) is 8.77. The van der Waals surface area contributed by atoms with E-state index in [-0.39, 0.29) is 11.9 Å². The van der Waals surface area contributed by atoms with Gasteiger partial charge in [-0.25, -0.2) is 4.79 Å². The van der Waals surface area contributed by atoms with Crippen molar-refractivity contribution in [2.75, 3.05) is 6.61 Å². The molecule has 2 nitrogen and oxygen atoms in total. The van der Waals surface area contributed by atoms with Crippen LogP contribution in [0.1, 0.15) is 39.9 Å². The van der Waals surface area contributed by atoms with Gasteiger partial charge in [-0.1, -0.05) is 79.4 Å². The van der Waals surface area contributed by atoms with Gasteiger partial charge in [-0.3, -0.25) is 0 Å². The second-order valence-corrected chi connectivity index (χ2v) is 6.08. The summed E-state index contributed by atoms with van der Waals surface area (Å²) in [5, 5.41) is 0. The van der Waals surface area contributed by atoms with Crippen LogP contribution >= 0.6 is 0 Å². The van der Waals surface area contributed by atoms with Gasteiger partial charge < -0.3 is 4.74 Å². The molecule has 0 saturated heterocycles. The topological polar surface area (TPSA) is 26.3 Å². The van der Waals surface area contributed by atoms with Crippen molar-refractivity contribution >= 4 is 11.5 Å². The maximum absolute atomic E-state index is 11.9. The molecule has 2 heteroatoms. The summed E-state index contributed by atoms with van der Waals surface area (Å²) in [6, 6.07) is 28.1. The van der Waals surface area contributed by atoms with Crippen molar-refractivity contribution in [3.8, 4) is 0 Å². The second-order valence-electron chi connectivity index (χ2n) is 6.08. The SMILES string of the molecule is C=C(c1ccccc1)C(c1ccccc1)c1ccc(C(=O)OCC)cc1. The average molecular weight is 342 g/mol. The zero-order valence-corrected chi connectivity index (χ0v) is 14.9. The molecule has 0 aliphatic carbocycles. The van der Waals surface area contributed by atoms with Crippen molar-refractivity contribution in [2.24, 2.45) is 0 Å². The molecule has 0 aromatic heterocycles. The van der Waals surface area contributed by atoms with Crippen molar-refractivity contribution in [1.29, 1.82) is 0 Å². The van der Waals surface area contributed by atoms with E-state index in [4.69, 9.17) is 4.74 Å². The van der Waals surface area contributed by atoms with E-state index in [1.807, 2.05) is 67.6 Å². The van der Waals surface area contributed by atoms with Crippen LogP contribution in [0.3, 0.4) is 0 Å². The molecule has 0 spiro atoms. The molecule has 1 unspecified atom stereocenters. The average Bonchev–Trinajstić information content (AvgIpc) is 2.70. The maximum Gasteiger partial charge on any atom is 0.338 e. The van der Waals surface area contributed by atoms with Gasteiger partial charge in [0.2, 0.25) is 0 Å². The molecule has 3 aromatic rings. The third-order valence-corrected chi connectivity index (χ3v) is 4.38. The van der Waals surface area contributed by atoms with Crippen molar-refractivity contribution < 1.29 is 9.53 Å². The molecule has 0 fully saturated rings. The highest BCUT2D eigenvalue weighted by Crippen LogP contribution is 2.36. The van der Waals surface area contributed by atoms with E-state index < -0.39 is 0 Å². The molecule has 0 saturated carbocycles. The zero-order valence-electron chi connectivity index (χ0n) is 14.9. The molecule has 0 aliphatic heterocycles. The van der Waals surface area contributed by atoms with Gasteiger partial charge >= 0.3 is 5.97 Å². The van der Waals surface area contributed by atoms with E-state index in [1.54, 1.807) is 0 Å². The van der Waals surface area contributed by atoms with Crippen LogP contribution in [-0.2, 0) is 4.74 Å². The molecule has 26 heavy (non-hydrogen) atoms. The quantitative estimate of drug-likeness (QED) is 0.536. The van der Waals surface area contributed by atoms with Gasteiger partial charge in [-0.05, 0) is 41.3 Å². The van der Waals surface area contributed by atoms with Crippen LogP contribution in [0.5, 0.6) is 0 Å². The number of benzene rings is 3. The Balaban J connectivity index is 1.99. The minimum Gasteiger partial charge on any atom is -0.462 e. The van der Waals surface area contributed by atoms with Gasteiger partial charge in [0.1, 0.15) is 0 Å². The predicted molar refractivity (Wildman–Crippen MR) is 106 cm³/mol. The fraction of sp³-hybridized carbons (Fsp3) is 0.125. The Morgan fingerprint density at radius 2 is 1.35 bits per heavy atom. The summed E-state index contributed by atoms with van der Waals surface area (Å²) in [5.74, 6) is -0.271. The summed E-state index contributed by atoms with van der Waals surface area (Å²) in [4.78, 5) is 11.9. The summed E-state index contributed by atoms with van der Waals surface area (Å²) in [7, 11) is 0. The van der Waals surface area contributed by atoms with Gasteiger partial charge in [0, 0.05) is 5.92 Å². The van der Waals surface area contributed by atoms with Crippen molar-refractivity contribution in [1.82, 2.24) is 0 Å². The first kappa shape index (κ1) is 17.7. The zero-order chi connectivity index (χ0) is 18.4. The fourth-order valence-electron chi connectivity index (χ4n) is 3.09. The molecular formula is C24H22O2. The smallest absolute Gasteiger partial charge is 0.338 e. The Morgan fingerprint density at radius 3 is 1.92 bits per heavy atom. The molecular weight excluding hydrogens is 320 g/mol. The molecule has 0 aliphatic rings. The lowest BCUT2D eigenvalue weighted by Crippen LogP contribution is -2.07. The van der Waals surface area contributed by atoms with E-state index in [0.29, 0.717) is 12.2 Å². The van der Waals surface area contributed by atoms with Crippen LogP contribution in [0.2, 0.25) is 0 Å². The maximum atomic E-state index is 11.9. The van der Waals surface area contributed by atoms with Crippen LogP contribution < -0.4 is 0 Å². The highest BCUT2D eigenvalue weighted by atomic mass is 16.5.